The van der Waals surface area contributed by atoms with Crippen molar-refractivity contribution < 1.29 is 9.53 Å². The zero-order valence-corrected chi connectivity index (χ0v) is 11.3. The minimum absolute atomic E-state index is 0.0588. The fourth-order valence-electron chi connectivity index (χ4n) is 2.11. The van der Waals surface area contributed by atoms with Crippen LogP contribution in [0.1, 0.15) is 36.5 Å². The van der Waals surface area contributed by atoms with Crippen molar-refractivity contribution in [2.24, 2.45) is 0 Å². The number of hydrogen-bond acceptors (Lipinski definition) is 4. The molecule has 1 aliphatic heterocycles. The molecule has 1 fully saturated rings. The maximum atomic E-state index is 12.3. The minimum atomic E-state index is -0.0588. The molecule has 2 N–H and O–H groups in total. The molecule has 0 aromatic carbocycles. The number of amides is 1. The van der Waals surface area contributed by atoms with Gasteiger partial charge in [0.2, 0.25) is 0 Å². The Morgan fingerprint density at radius 3 is 3.21 bits per heavy atom. The van der Waals surface area contributed by atoms with E-state index in [1.165, 1.54) is 0 Å². The largest absolute Gasteiger partial charge is 0.383 e. The molecule has 1 saturated heterocycles. The van der Waals surface area contributed by atoms with Gasteiger partial charge in [0, 0.05) is 19.3 Å². The highest BCUT2D eigenvalue weighted by Gasteiger charge is 2.18. The standard InChI is InChI=1S/C14H21N3O2/c1-2-6-16-13-9-15-7-5-12(13)14(18)17-11-4-3-8-19-10-11/h5,7,9,11,16H,2-4,6,8,10H2,1H3,(H,17,18). The number of anilines is 1. The molecule has 1 amide bonds. The molecule has 0 radical (unpaired) electrons. The van der Waals surface area contributed by atoms with Crippen molar-refractivity contribution in [1.29, 1.82) is 0 Å². The molecule has 19 heavy (non-hydrogen) atoms. The summed E-state index contributed by atoms with van der Waals surface area (Å²) in [7, 11) is 0. The number of nitrogens with zero attached hydrogens (tertiary/aromatic N) is 1. The molecule has 1 aliphatic rings. The Balaban J connectivity index is 2.00. The molecule has 1 unspecified atom stereocenters. The normalized spacial score (nSPS) is 18.9. The predicted octanol–water partition coefficient (Wildman–Crippen LogP) is 1.81. The predicted molar refractivity (Wildman–Crippen MR) is 74.3 cm³/mol. The van der Waals surface area contributed by atoms with Crippen LogP contribution in [0, 0.1) is 0 Å². The summed E-state index contributed by atoms with van der Waals surface area (Å²) in [6, 6.07) is 1.87. The molecule has 1 aromatic heterocycles. The van der Waals surface area contributed by atoms with Crippen LogP contribution in [0.5, 0.6) is 0 Å². The van der Waals surface area contributed by atoms with Gasteiger partial charge in [-0.15, -0.1) is 0 Å². The highest BCUT2D eigenvalue weighted by molar-refractivity contribution is 5.99. The second-order valence-corrected chi connectivity index (χ2v) is 4.74. The Morgan fingerprint density at radius 1 is 1.58 bits per heavy atom. The van der Waals surface area contributed by atoms with E-state index in [0.717, 1.165) is 38.1 Å². The van der Waals surface area contributed by atoms with Gasteiger partial charge in [-0.3, -0.25) is 9.78 Å². The summed E-state index contributed by atoms with van der Waals surface area (Å²) in [5.41, 5.74) is 1.44. The van der Waals surface area contributed by atoms with E-state index in [0.29, 0.717) is 12.2 Å². The van der Waals surface area contributed by atoms with Crippen molar-refractivity contribution in [2.45, 2.75) is 32.2 Å². The maximum Gasteiger partial charge on any atom is 0.253 e. The van der Waals surface area contributed by atoms with Gasteiger partial charge in [-0.2, -0.15) is 0 Å². The molecule has 5 heteroatoms. The number of pyridine rings is 1. The Bertz CT molecular complexity index is 417. The Hall–Kier alpha value is -1.62. The number of nitrogens with one attached hydrogen (secondary N) is 2. The lowest BCUT2D eigenvalue weighted by Gasteiger charge is -2.23. The Morgan fingerprint density at radius 2 is 2.47 bits per heavy atom. The van der Waals surface area contributed by atoms with E-state index in [4.69, 9.17) is 4.74 Å². The van der Waals surface area contributed by atoms with Crippen LogP contribution in [0.3, 0.4) is 0 Å². The molecule has 1 aromatic rings. The van der Waals surface area contributed by atoms with E-state index in [9.17, 15) is 4.79 Å². The summed E-state index contributed by atoms with van der Waals surface area (Å²) < 4.78 is 5.37. The molecule has 0 bridgehead atoms. The maximum absolute atomic E-state index is 12.3. The summed E-state index contributed by atoms with van der Waals surface area (Å²) in [6.45, 7) is 4.32. The molecule has 1 atom stereocenters. The summed E-state index contributed by atoms with van der Waals surface area (Å²) in [6.07, 6.45) is 6.33. The van der Waals surface area contributed by atoms with Crippen LogP contribution in [-0.4, -0.2) is 36.7 Å². The van der Waals surface area contributed by atoms with Gasteiger partial charge in [0.25, 0.3) is 5.91 Å². The molecule has 2 heterocycles. The molecule has 2 rings (SSSR count). The van der Waals surface area contributed by atoms with Crippen molar-refractivity contribution in [1.82, 2.24) is 10.3 Å². The van der Waals surface area contributed by atoms with E-state index in [2.05, 4.69) is 22.5 Å². The number of rotatable bonds is 5. The lowest BCUT2D eigenvalue weighted by molar-refractivity contribution is 0.0624. The molecular formula is C14H21N3O2. The summed E-state index contributed by atoms with van der Waals surface area (Å²) in [5.74, 6) is -0.0588. The van der Waals surface area contributed by atoms with Crippen LogP contribution in [-0.2, 0) is 4.74 Å². The average molecular weight is 263 g/mol. The van der Waals surface area contributed by atoms with Crippen LogP contribution in [0.15, 0.2) is 18.5 Å². The van der Waals surface area contributed by atoms with E-state index in [-0.39, 0.29) is 11.9 Å². The first-order chi connectivity index (χ1) is 9.31. The zero-order valence-electron chi connectivity index (χ0n) is 11.3. The monoisotopic (exact) mass is 263 g/mol. The van der Waals surface area contributed by atoms with Crippen LogP contribution < -0.4 is 10.6 Å². The number of ether oxygens (including phenoxy) is 1. The first-order valence-electron chi connectivity index (χ1n) is 6.87. The van der Waals surface area contributed by atoms with Crippen LogP contribution >= 0.6 is 0 Å². The number of hydrogen-bond donors (Lipinski definition) is 2. The number of carbonyl (C=O) groups excluding carboxylic acids is 1. The fraction of sp³-hybridized carbons (Fsp3) is 0.571. The van der Waals surface area contributed by atoms with Gasteiger partial charge in [-0.25, -0.2) is 0 Å². The number of aromatic nitrogens is 1. The summed E-state index contributed by atoms with van der Waals surface area (Å²) in [5, 5.41) is 6.25. The van der Waals surface area contributed by atoms with Crippen molar-refractivity contribution in [3.8, 4) is 0 Å². The molecule has 0 saturated carbocycles. The second kappa shape index (κ2) is 7.09. The topological polar surface area (TPSA) is 63.2 Å². The third kappa shape index (κ3) is 3.92. The van der Waals surface area contributed by atoms with E-state index in [1.54, 1.807) is 18.5 Å². The lowest BCUT2D eigenvalue weighted by atomic mass is 10.1. The molecule has 0 spiro atoms. The molecule has 0 aliphatic carbocycles. The van der Waals surface area contributed by atoms with Crippen molar-refractivity contribution in [3.05, 3.63) is 24.0 Å². The van der Waals surface area contributed by atoms with E-state index < -0.39 is 0 Å². The molecule has 5 nitrogen and oxygen atoms in total. The highest BCUT2D eigenvalue weighted by Crippen LogP contribution is 2.14. The van der Waals surface area contributed by atoms with Gasteiger partial charge < -0.3 is 15.4 Å². The molecule has 104 valence electrons. The quantitative estimate of drug-likeness (QED) is 0.850. The van der Waals surface area contributed by atoms with Gasteiger partial charge >= 0.3 is 0 Å². The van der Waals surface area contributed by atoms with Crippen LogP contribution in [0.4, 0.5) is 5.69 Å². The summed E-state index contributed by atoms with van der Waals surface area (Å²) >= 11 is 0. The smallest absolute Gasteiger partial charge is 0.253 e. The van der Waals surface area contributed by atoms with Gasteiger partial charge in [0.05, 0.1) is 30.1 Å². The van der Waals surface area contributed by atoms with E-state index in [1.807, 2.05) is 0 Å². The van der Waals surface area contributed by atoms with Crippen molar-refractivity contribution in [3.63, 3.8) is 0 Å². The fourth-order valence-corrected chi connectivity index (χ4v) is 2.11. The van der Waals surface area contributed by atoms with Crippen molar-refractivity contribution >= 4 is 11.6 Å². The zero-order chi connectivity index (χ0) is 13.5. The van der Waals surface area contributed by atoms with Crippen LogP contribution in [0.25, 0.3) is 0 Å². The Labute approximate surface area is 113 Å². The van der Waals surface area contributed by atoms with Crippen LogP contribution in [0.2, 0.25) is 0 Å². The van der Waals surface area contributed by atoms with Gasteiger partial charge in [0.1, 0.15) is 0 Å². The van der Waals surface area contributed by atoms with Gasteiger partial charge in [0.15, 0.2) is 0 Å². The van der Waals surface area contributed by atoms with Crippen molar-refractivity contribution in [2.75, 3.05) is 25.1 Å². The first kappa shape index (κ1) is 13.8. The Kier molecular flexibility index (Phi) is 5.15. The highest BCUT2D eigenvalue weighted by atomic mass is 16.5. The van der Waals surface area contributed by atoms with Gasteiger partial charge in [-0.05, 0) is 25.3 Å². The minimum Gasteiger partial charge on any atom is -0.383 e. The number of carbonyl (C=O) groups is 1. The lowest BCUT2D eigenvalue weighted by Crippen LogP contribution is -2.40. The SMILES string of the molecule is CCCNc1cnccc1C(=O)NC1CCCOC1. The second-order valence-electron chi connectivity index (χ2n) is 4.74. The molecular weight excluding hydrogens is 242 g/mol. The average Bonchev–Trinajstić information content (AvgIpc) is 2.46. The van der Waals surface area contributed by atoms with E-state index >= 15 is 0 Å². The first-order valence-corrected chi connectivity index (χ1v) is 6.87. The van der Waals surface area contributed by atoms with Gasteiger partial charge in [-0.1, -0.05) is 6.92 Å². The third-order valence-electron chi connectivity index (χ3n) is 3.13. The summed E-state index contributed by atoms with van der Waals surface area (Å²) in [4.78, 5) is 16.3. The third-order valence-corrected chi connectivity index (χ3v) is 3.13.